The van der Waals surface area contributed by atoms with Crippen LogP contribution in [0.3, 0.4) is 0 Å². The van der Waals surface area contributed by atoms with Crippen LogP contribution in [0.1, 0.15) is 0 Å². The van der Waals surface area contributed by atoms with Gasteiger partial charge in [0, 0.05) is 13.4 Å². The van der Waals surface area contributed by atoms with E-state index in [-0.39, 0.29) is 0 Å². The number of fused-ring (bicyclic) bond motifs is 2. The van der Waals surface area contributed by atoms with Crippen LogP contribution in [0.2, 0.25) is 0 Å². The Kier molecular flexibility index (Phi) is 7.52. The van der Waals surface area contributed by atoms with E-state index in [9.17, 15) is 0 Å². The topological polar surface area (TPSA) is 0 Å². The summed E-state index contributed by atoms with van der Waals surface area (Å²) >= 11 is -0.815. The second-order valence-corrected chi connectivity index (χ2v) is 27.5. The van der Waals surface area contributed by atoms with Crippen LogP contribution in [0.5, 0.6) is 0 Å². The van der Waals surface area contributed by atoms with Crippen LogP contribution in [0, 0.1) is 7.14 Å². The Balaban J connectivity index is 1.76. The molecule has 0 atom stereocenters. The first kappa shape index (κ1) is 26.4. The van der Waals surface area contributed by atoms with E-state index in [1.165, 1.54) is 19.6 Å². The largest absolute Gasteiger partial charge is 0.184 e. The number of hydrogen-bond acceptors (Lipinski definition) is 0. The molecule has 7 rings (SSSR count). The van der Waals surface area contributed by atoms with E-state index in [4.69, 9.17) is 0 Å². The van der Waals surface area contributed by atoms with Gasteiger partial charge < -0.3 is 0 Å². The molecule has 0 saturated carbocycles. The fourth-order valence-electron chi connectivity index (χ4n) is 5.20. The molecule has 0 fully saturated rings. The van der Waals surface area contributed by atoms with Crippen molar-refractivity contribution in [3.05, 3.63) is 177 Å². The molecule has 0 N–H and O–H groups in total. The van der Waals surface area contributed by atoms with Crippen LogP contribution >= 0.6 is 38.5 Å². The van der Waals surface area contributed by atoms with Gasteiger partial charge in [-0.3, -0.25) is 0 Å². The molecule has 4 heteroatoms. The monoisotopic (exact) mass is 778 g/mol. The molecule has 0 amide bonds. The second kappa shape index (κ2) is 11.4. The van der Waals surface area contributed by atoms with Gasteiger partial charge in [-0.1, -0.05) is 97.1 Å². The minimum Gasteiger partial charge on any atom is -0.0619 e. The van der Waals surface area contributed by atoms with Gasteiger partial charge in [-0.05, 0) is 72.8 Å². The zero-order valence-corrected chi connectivity index (χ0v) is 27.7. The van der Waals surface area contributed by atoms with Gasteiger partial charge in [0.25, 0.3) is 0 Å². The molecule has 1 aliphatic heterocycles. The van der Waals surface area contributed by atoms with Gasteiger partial charge >= 0.3 is 0 Å². The highest BCUT2D eigenvalue weighted by Crippen LogP contribution is 2.57. The first-order valence-corrected chi connectivity index (χ1v) is 23.7. The SMILES string of the molecule is c1ccc([S+]2(c3ccccc3)=Ic3ccccc3I=[S+](c3ccccc3)(c3ccccc3)c3ccccc32)cc1. The lowest BCUT2D eigenvalue weighted by Crippen LogP contribution is -2.20. The van der Waals surface area contributed by atoms with Gasteiger partial charge in [-0.15, -0.1) is 0 Å². The molecule has 1 heterocycles. The van der Waals surface area contributed by atoms with Crippen molar-refractivity contribution in [1.29, 1.82) is 0 Å². The number of rotatable bonds is 4. The van der Waals surface area contributed by atoms with Crippen LogP contribution in [0.25, 0.3) is 0 Å². The normalized spacial score (nSPS) is 15.2. The summed E-state index contributed by atoms with van der Waals surface area (Å²) in [5.41, 5.74) is 0. The summed E-state index contributed by atoms with van der Waals surface area (Å²) in [7, 11) is 0. The van der Waals surface area contributed by atoms with Crippen LogP contribution in [0.15, 0.2) is 199 Å². The molecule has 0 aliphatic carbocycles. The highest BCUT2D eigenvalue weighted by molar-refractivity contribution is 14.2. The molecular formula is C36H28I2S2+2. The summed E-state index contributed by atoms with van der Waals surface area (Å²) in [4.78, 5) is 9.04. The summed E-state index contributed by atoms with van der Waals surface area (Å²) in [5.74, 6) is 0. The van der Waals surface area contributed by atoms with Crippen molar-refractivity contribution in [3.63, 3.8) is 0 Å². The molecule has 196 valence electrons. The van der Waals surface area contributed by atoms with E-state index in [0.717, 1.165) is 0 Å². The third-order valence-corrected chi connectivity index (χ3v) is 32.2. The average molecular weight is 779 g/mol. The fourth-order valence-corrected chi connectivity index (χ4v) is 33.9. The molecule has 0 unspecified atom stereocenters. The Hall–Kier alpha value is -2.52. The Morgan fingerprint density at radius 1 is 0.275 bits per heavy atom. The summed E-state index contributed by atoms with van der Waals surface area (Å²) < 4.78 is 3.24. The van der Waals surface area contributed by atoms with Crippen molar-refractivity contribution >= 4 is 51.9 Å². The molecule has 40 heavy (non-hydrogen) atoms. The zero-order valence-electron chi connectivity index (χ0n) is 21.7. The molecule has 0 radical (unpaired) electrons. The molecule has 6 aromatic carbocycles. The lowest BCUT2D eigenvalue weighted by atomic mass is 10.3. The number of benzene rings is 6. The van der Waals surface area contributed by atoms with E-state index in [2.05, 4.69) is 170 Å². The van der Waals surface area contributed by atoms with Crippen LogP contribution < -0.4 is 0 Å². The van der Waals surface area contributed by atoms with Gasteiger partial charge in [0.1, 0.15) is 58.1 Å². The van der Waals surface area contributed by atoms with E-state index < -0.39 is 51.9 Å². The summed E-state index contributed by atoms with van der Waals surface area (Å²) in [6.07, 6.45) is 0. The maximum Gasteiger partial charge on any atom is 0.184 e. The smallest absolute Gasteiger partial charge is 0.0619 e. The minimum atomic E-state index is -1.53. The first-order chi connectivity index (χ1) is 19.8. The standard InChI is InChI=1S/C36H28I2S2/c1-5-17-29(18-6-1)39(30-19-7-2-8-20-30)35-27-15-16-28-36(35)40(31-21-9-3-10-22-31,32-23-11-4-12-24-32)38-34-26-14-13-25-33(34)37-39/h1-28H/q+2. The maximum atomic E-state index is 2.50. The predicted molar refractivity (Wildman–Crippen MR) is 188 cm³/mol. The van der Waals surface area contributed by atoms with E-state index in [1.807, 2.05) is 0 Å². The van der Waals surface area contributed by atoms with Gasteiger partial charge in [-0.2, -0.15) is 0 Å². The Morgan fingerprint density at radius 3 is 0.825 bits per heavy atom. The molecule has 0 bridgehead atoms. The Morgan fingerprint density at radius 2 is 0.525 bits per heavy atom. The summed E-state index contributed by atoms with van der Waals surface area (Å²) in [6.45, 7) is -3.05. The minimum absolute atomic E-state index is 0.407. The molecule has 0 aromatic heterocycles. The third-order valence-electron chi connectivity index (χ3n) is 6.95. The lowest BCUT2D eigenvalue weighted by Gasteiger charge is -2.28. The highest BCUT2D eigenvalue weighted by atomic mass is 127. The van der Waals surface area contributed by atoms with E-state index >= 15 is 0 Å². The quantitative estimate of drug-likeness (QED) is 0.123. The van der Waals surface area contributed by atoms with Gasteiger partial charge in [0.15, 0.2) is 9.79 Å². The van der Waals surface area contributed by atoms with Crippen molar-refractivity contribution in [2.45, 2.75) is 29.4 Å². The van der Waals surface area contributed by atoms with Crippen LogP contribution in [-0.2, 0) is 13.4 Å². The van der Waals surface area contributed by atoms with Crippen molar-refractivity contribution in [2.24, 2.45) is 0 Å². The summed E-state index contributed by atoms with van der Waals surface area (Å²) in [6, 6.07) is 64.9. The Labute approximate surface area is 255 Å². The van der Waals surface area contributed by atoms with Gasteiger partial charge in [0.2, 0.25) is 0 Å². The van der Waals surface area contributed by atoms with Crippen molar-refractivity contribution in [2.75, 3.05) is 0 Å². The fraction of sp³-hybridized carbons (Fsp3) is 0. The van der Waals surface area contributed by atoms with Crippen molar-refractivity contribution < 1.29 is 0 Å². The number of halogens is 2. The summed E-state index contributed by atoms with van der Waals surface area (Å²) in [5, 5.41) is 0. The molecule has 6 aromatic rings. The lowest BCUT2D eigenvalue weighted by molar-refractivity contribution is 1.17. The first-order valence-electron chi connectivity index (χ1n) is 13.2. The molecule has 0 nitrogen and oxygen atoms in total. The van der Waals surface area contributed by atoms with Crippen LogP contribution in [-0.4, -0.2) is 0 Å². The molecule has 0 spiro atoms. The maximum absolute atomic E-state index is 2.50. The molecular weight excluding hydrogens is 750 g/mol. The van der Waals surface area contributed by atoms with Gasteiger partial charge in [-0.25, -0.2) is 0 Å². The van der Waals surface area contributed by atoms with Crippen LogP contribution in [0.4, 0.5) is 0 Å². The predicted octanol–water partition coefficient (Wildman–Crippen LogP) is 10.8. The van der Waals surface area contributed by atoms with E-state index in [0.29, 0.717) is 0 Å². The van der Waals surface area contributed by atoms with Crippen molar-refractivity contribution in [3.8, 4) is 0 Å². The Bertz CT molecular complexity index is 1670. The highest BCUT2D eigenvalue weighted by Gasteiger charge is 2.46. The second-order valence-electron chi connectivity index (χ2n) is 9.34. The zero-order chi connectivity index (χ0) is 26.8. The number of hydrogen-bond donors (Lipinski definition) is 0. The van der Waals surface area contributed by atoms with E-state index in [1.54, 1.807) is 16.9 Å². The molecule has 0 saturated heterocycles. The average Bonchev–Trinajstić information content (AvgIpc) is 3.04. The van der Waals surface area contributed by atoms with Crippen molar-refractivity contribution in [1.82, 2.24) is 0 Å². The third kappa shape index (κ3) is 4.44. The van der Waals surface area contributed by atoms with Gasteiger partial charge in [0.05, 0.1) is 7.14 Å². The molecule has 1 aliphatic rings.